The van der Waals surface area contributed by atoms with Crippen LogP contribution in [-0.4, -0.2) is 75.0 Å². The second-order valence-corrected chi connectivity index (χ2v) is 9.48. The molecule has 0 aliphatic rings. The minimum absolute atomic E-state index is 0.0248. The molecular formula is C30H46O12. The van der Waals surface area contributed by atoms with E-state index in [0.717, 1.165) is 0 Å². The first-order chi connectivity index (χ1) is 19.9. The Labute approximate surface area is 248 Å². The fourth-order valence-electron chi connectivity index (χ4n) is 3.21. The Morgan fingerprint density at radius 2 is 0.929 bits per heavy atom. The van der Waals surface area contributed by atoms with Crippen LogP contribution < -0.4 is 0 Å². The van der Waals surface area contributed by atoms with Gasteiger partial charge in [-0.3, -0.25) is 19.2 Å². The first-order valence-electron chi connectivity index (χ1n) is 14.3. The lowest BCUT2D eigenvalue weighted by atomic mass is 9.96. The van der Waals surface area contributed by atoms with Crippen molar-refractivity contribution in [3.63, 3.8) is 0 Å². The van der Waals surface area contributed by atoms with Gasteiger partial charge >= 0.3 is 35.8 Å². The molecule has 0 bridgehead atoms. The van der Waals surface area contributed by atoms with E-state index in [4.69, 9.17) is 28.4 Å². The summed E-state index contributed by atoms with van der Waals surface area (Å²) in [7, 11) is 0. The molecule has 0 aromatic carbocycles. The van der Waals surface area contributed by atoms with Crippen molar-refractivity contribution in [3.05, 3.63) is 24.3 Å². The van der Waals surface area contributed by atoms with E-state index in [0.29, 0.717) is 25.7 Å². The molecule has 238 valence electrons. The Kier molecular flexibility index (Phi) is 20.0. The smallest absolute Gasteiger partial charge is 0.334 e. The zero-order chi connectivity index (χ0) is 32.1. The molecule has 3 unspecified atom stereocenters. The monoisotopic (exact) mass is 598 g/mol. The molecule has 0 amide bonds. The van der Waals surface area contributed by atoms with E-state index >= 15 is 0 Å². The first-order valence-corrected chi connectivity index (χ1v) is 14.3. The molecular weight excluding hydrogens is 552 g/mol. The number of hydrogen-bond donors (Lipinski definition) is 0. The van der Waals surface area contributed by atoms with Crippen molar-refractivity contribution in [1.29, 1.82) is 0 Å². The molecule has 12 heteroatoms. The van der Waals surface area contributed by atoms with Gasteiger partial charge < -0.3 is 28.4 Å². The summed E-state index contributed by atoms with van der Waals surface area (Å²) < 4.78 is 30.8. The Bertz CT molecular complexity index is 939. The first kappa shape index (κ1) is 38.3. The number of carbonyl (C=O) groups excluding carboxylic acids is 6. The summed E-state index contributed by atoms with van der Waals surface area (Å²) in [6, 6.07) is 0. The van der Waals surface area contributed by atoms with Gasteiger partial charge in [0.05, 0.1) is 57.7 Å². The summed E-state index contributed by atoms with van der Waals surface area (Å²) in [6.45, 7) is 16.3. The lowest BCUT2D eigenvalue weighted by Crippen LogP contribution is -2.31. The minimum atomic E-state index is -1.33. The van der Waals surface area contributed by atoms with Crippen molar-refractivity contribution >= 4 is 35.8 Å². The maximum absolute atomic E-state index is 12.9. The summed E-state index contributed by atoms with van der Waals surface area (Å²) in [5, 5.41) is 0. The molecule has 0 aromatic heterocycles. The molecule has 0 rings (SSSR count). The van der Waals surface area contributed by atoms with Crippen molar-refractivity contribution in [1.82, 2.24) is 0 Å². The summed E-state index contributed by atoms with van der Waals surface area (Å²) >= 11 is 0. The van der Waals surface area contributed by atoms with E-state index in [1.54, 1.807) is 13.8 Å². The van der Waals surface area contributed by atoms with Crippen LogP contribution in [0.15, 0.2) is 24.3 Å². The SMILES string of the molecule is C=C(C(=O)OCCC)C(CC(=O)OCCC)C(=O)OCCC(C)OC(=O)C(CC(=O)OCCC)C(=C)C(=O)OCCC. The van der Waals surface area contributed by atoms with Gasteiger partial charge in [0.25, 0.3) is 0 Å². The van der Waals surface area contributed by atoms with Gasteiger partial charge in [-0.2, -0.15) is 0 Å². The van der Waals surface area contributed by atoms with Crippen molar-refractivity contribution in [2.45, 2.75) is 85.7 Å². The summed E-state index contributed by atoms with van der Waals surface area (Å²) in [6.07, 6.45) is 0.534. The average molecular weight is 599 g/mol. The van der Waals surface area contributed by atoms with Crippen LogP contribution in [0.1, 0.15) is 79.6 Å². The van der Waals surface area contributed by atoms with E-state index in [1.165, 1.54) is 6.92 Å². The predicted octanol–water partition coefficient (Wildman–Crippen LogP) is 3.79. The van der Waals surface area contributed by atoms with Gasteiger partial charge in [0.1, 0.15) is 6.10 Å². The Morgan fingerprint density at radius 3 is 1.33 bits per heavy atom. The molecule has 0 N–H and O–H groups in total. The van der Waals surface area contributed by atoms with E-state index in [9.17, 15) is 28.8 Å². The lowest BCUT2D eigenvalue weighted by Gasteiger charge is -2.21. The predicted molar refractivity (Wildman–Crippen MR) is 151 cm³/mol. The standard InChI is InChI=1S/C30H46O12/c1-8-13-37-25(31)18-23(21(6)27(33)39-15-10-3)29(35)41-17-12-20(5)42-30(36)24(19-26(32)38-14-9-2)22(7)28(34)40-16-11-4/h20,23-24H,6-19H2,1-5H3. The largest absolute Gasteiger partial charge is 0.466 e. The second kappa shape index (κ2) is 22.0. The molecule has 0 saturated carbocycles. The van der Waals surface area contributed by atoms with E-state index < -0.39 is 66.6 Å². The third kappa shape index (κ3) is 15.3. The van der Waals surface area contributed by atoms with Gasteiger partial charge in [0, 0.05) is 17.6 Å². The third-order valence-electron chi connectivity index (χ3n) is 5.57. The highest BCUT2D eigenvalue weighted by atomic mass is 16.6. The Hall–Kier alpha value is -3.70. The van der Waals surface area contributed by atoms with E-state index in [2.05, 4.69) is 13.2 Å². The minimum Gasteiger partial charge on any atom is -0.466 e. The van der Waals surface area contributed by atoms with Crippen LogP contribution in [0.2, 0.25) is 0 Å². The Balaban J connectivity index is 5.32. The highest BCUT2D eigenvalue weighted by molar-refractivity contribution is 5.97. The molecule has 3 atom stereocenters. The molecule has 0 radical (unpaired) electrons. The van der Waals surface area contributed by atoms with Gasteiger partial charge in [-0.1, -0.05) is 40.9 Å². The molecule has 0 spiro atoms. The van der Waals surface area contributed by atoms with Crippen LogP contribution in [0, 0.1) is 11.8 Å². The van der Waals surface area contributed by atoms with Crippen molar-refractivity contribution in [2.24, 2.45) is 11.8 Å². The van der Waals surface area contributed by atoms with Gasteiger partial charge in [0.2, 0.25) is 0 Å². The Morgan fingerprint density at radius 1 is 0.548 bits per heavy atom. The van der Waals surface area contributed by atoms with E-state index in [1.807, 2.05) is 13.8 Å². The quantitative estimate of drug-likeness (QED) is 0.101. The average Bonchev–Trinajstić information content (AvgIpc) is 2.96. The molecule has 0 aliphatic carbocycles. The molecule has 42 heavy (non-hydrogen) atoms. The number of esters is 6. The second-order valence-electron chi connectivity index (χ2n) is 9.48. The van der Waals surface area contributed by atoms with Crippen molar-refractivity contribution in [2.75, 3.05) is 33.0 Å². The highest BCUT2D eigenvalue weighted by Gasteiger charge is 2.34. The van der Waals surface area contributed by atoms with E-state index in [-0.39, 0.29) is 50.6 Å². The van der Waals surface area contributed by atoms with Crippen LogP contribution in [-0.2, 0) is 57.2 Å². The summed E-state index contributed by atoms with van der Waals surface area (Å²) in [4.78, 5) is 74.7. The number of carbonyl (C=O) groups is 6. The van der Waals surface area contributed by atoms with Crippen LogP contribution in [0.4, 0.5) is 0 Å². The molecule has 0 fully saturated rings. The van der Waals surface area contributed by atoms with Gasteiger partial charge in [-0.05, 0) is 32.6 Å². The topological polar surface area (TPSA) is 158 Å². The molecule has 0 heterocycles. The highest BCUT2D eigenvalue weighted by Crippen LogP contribution is 2.21. The van der Waals surface area contributed by atoms with Crippen LogP contribution in [0.25, 0.3) is 0 Å². The van der Waals surface area contributed by atoms with Crippen LogP contribution in [0.3, 0.4) is 0 Å². The van der Waals surface area contributed by atoms with Gasteiger partial charge in [-0.15, -0.1) is 0 Å². The van der Waals surface area contributed by atoms with Crippen molar-refractivity contribution in [3.8, 4) is 0 Å². The zero-order valence-electron chi connectivity index (χ0n) is 25.5. The molecule has 0 saturated heterocycles. The number of rotatable bonds is 22. The summed E-state index contributed by atoms with van der Waals surface area (Å²) in [5.74, 6) is -7.52. The van der Waals surface area contributed by atoms with Crippen LogP contribution >= 0.6 is 0 Å². The van der Waals surface area contributed by atoms with Crippen molar-refractivity contribution < 1.29 is 57.2 Å². The normalized spacial score (nSPS) is 12.6. The third-order valence-corrected chi connectivity index (χ3v) is 5.57. The fraction of sp³-hybridized carbons (Fsp3) is 0.667. The lowest BCUT2D eigenvalue weighted by molar-refractivity contribution is -0.161. The molecule has 12 nitrogen and oxygen atoms in total. The molecule has 0 aliphatic heterocycles. The van der Waals surface area contributed by atoms with Gasteiger partial charge in [-0.25, -0.2) is 9.59 Å². The number of hydrogen-bond acceptors (Lipinski definition) is 12. The van der Waals surface area contributed by atoms with Gasteiger partial charge in [0.15, 0.2) is 0 Å². The number of ether oxygens (including phenoxy) is 6. The zero-order valence-corrected chi connectivity index (χ0v) is 25.5. The maximum atomic E-state index is 12.9. The summed E-state index contributed by atoms with van der Waals surface area (Å²) in [5.41, 5.74) is -0.487. The van der Waals surface area contributed by atoms with Crippen LogP contribution in [0.5, 0.6) is 0 Å². The fourth-order valence-corrected chi connectivity index (χ4v) is 3.21. The molecule has 0 aromatic rings. The maximum Gasteiger partial charge on any atom is 0.334 e.